The fourth-order valence-electron chi connectivity index (χ4n) is 2.01. The van der Waals surface area contributed by atoms with Crippen molar-refractivity contribution in [3.05, 3.63) is 34.1 Å². The van der Waals surface area contributed by atoms with Crippen molar-refractivity contribution in [3.63, 3.8) is 0 Å². The van der Waals surface area contributed by atoms with Gasteiger partial charge in [-0.1, -0.05) is 13.0 Å². The summed E-state index contributed by atoms with van der Waals surface area (Å²) in [6, 6.07) is 5.54. The SMILES string of the molecule is CC1C(N)CC1c1ccc(F)c(Br)c1. The van der Waals surface area contributed by atoms with E-state index in [2.05, 4.69) is 22.9 Å². The molecule has 0 aromatic heterocycles. The number of rotatable bonds is 1. The van der Waals surface area contributed by atoms with E-state index in [1.165, 1.54) is 11.6 Å². The van der Waals surface area contributed by atoms with Gasteiger partial charge < -0.3 is 5.73 Å². The number of nitrogens with two attached hydrogens (primary N) is 1. The van der Waals surface area contributed by atoms with Crippen LogP contribution in [-0.4, -0.2) is 6.04 Å². The molecule has 1 aliphatic carbocycles. The molecule has 0 bridgehead atoms. The maximum atomic E-state index is 13.0. The van der Waals surface area contributed by atoms with Gasteiger partial charge in [-0.15, -0.1) is 0 Å². The van der Waals surface area contributed by atoms with Crippen LogP contribution in [0.1, 0.15) is 24.8 Å². The van der Waals surface area contributed by atoms with E-state index >= 15 is 0 Å². The average molecular weight is 258 g/mol. The zero-order valence-corrected chi connectivity index (χ0v) is 9.59. The minimum atomic E-state index is -0.204. The highest BCUT2D eigenvalue weighted by Gasteiger charge is 2.35. The van der Waals surface area contributed by atoms with Gasteiger partial charge in [-0.25, -0.2) is 4.39 Å². The summed E-state index contributed by atoms with van der Waals surface area (Å²) in [5.74, 6) is 0.805. The van der Waals surface area contributed by atoms with Gasteiger partial charge in [0.25, 0.3) is 0 Å². The molecule has 1 nitrogen and oxygen atoms in total. The van der Waals surface area contributed by atoms with Gasteiger partial charge in [0.05, 0.1) is 4.47 Å². The largest absolute Gasteiger partial charge is 0.327 e. The number of hydrogen-bond donors (Lipinski definition) is 1. The van der Waals surface area contributed by atoms with Gasteiger partial charge in [0, 0.05) is 6.04 Å². The molecule has 2 N–H and O–H groups in total. The summed E-state index contributed by atoms with van der Waals surface area (Å²) in [5.41, 5.74) is 7.02. The first-order valence-corrected chi connectivity index (χ1v) is 5.59. The topological polar surface area (TPSA) is 26.0 Å². The molecular formula is C11H13BrFN. The molecule has 0 saturated heterocycles. The zero-order valence-electron chi connectivity index (χ0n) is 8.00. The van der Waals surface area contributed by atoms with Crippen molar-refractivity contribution in [1.82, 2.24) is 0 Å². The fraction of sp³-hybridized carbons (Fsp3) is 0.455. The minimum absolute atomic E-state index is 0.204. The van der Waals surface area contributed by atoms with Crippen LogP contribution in [0, 0.1) is 11.7 Å². The Morgan fingerprint density at radius 3 is 2.71 bits per heavy atom. The van der Waals surface area contributed by atoms with E-state index in [1.54, 1.807) is 0 Å². The fourth-order valence-corrected chi connectivity index (χ4v) is 2.40. The second-order valence-electron chi connectivity index (χ2n) is 4.04. The highest BCUT2D eigenvalue weighted by atomic mass is 79.9. The molecule has 3 heteroatoms. The van der Waals surface area contributed by atoms with Crippen molar-refractivity contribution in [1.29, 1.82) is 0 Å². The summed E-state index contributed by atoms with van der Waals surface area (Å²) in [7, 11) is 0. The third-order valence-corrected chi connectivity index (χ3v) is 3.82. The molecule has 0 spiro atoms. The van der Waals surface area contributed by atoms with Gasteiger partial charge in [-0.2, -0.15) is 0 Å². The second kappa shape index (κ2) is 3.63. The summed E-state index contributed by atoms with van der Waals surface area (Å²) >= 11 is 3.20. The van der Waals surface area contributed by atoms with Crippen LogP contribution in [0.3, 0.4) is 0 Å². The molecule has 1 aliphatic rings. The normalized spacial score (nSPS) is 31.3. The Kier molecular flexibility index (Phi) is 2.62. The first-order chi connectivity index (χ1) is 6.59. The molecule has 1 saturated carbocycles. The lowest BCUT2D eigenvalue weighted by atomic mass is 9.67. The van der Waals surface area contributed by atoms with E-state index in [-0.39, 0.29) is 5.82 Å². The molecule has 14 heavy (non-hydrogen) atoms. The van der Waals surface area contributed by atoms with Crippen LogP contribution in [0.15, 0.2) is 22.7 Å². The van der Waals surface area contributed by atoms with Crippen molar-refractivity contribution >= 4 is 15.9 Å². The molecule has 3 unspecified atom stereocenters. The number of hydrogen-bond acceptors (Lipinski definition) is 1. The van der Waals surface area contributed by atoms with Crippen molar-refractivity contribution in [2.45, 2.75) is 25.3 Å². The lowest BCUT2D eigenvalue weighted by Gasteiger charge is -2.41. The predicted molar refractivity (Wildman–Crippen MR) is 58.6 cm³/mol. The van der Waals surface area contributed by atoms with Crippen LogP contribution in [-0.2, 0) is 0 Å². The van der Waals surface area contributed by atoms with Crippen molar-refractivity contribution in [3.8, 4) is 0 Å². The molecule has 1 aromatic carbocycles. The van der Waals surface area contributed by atoms with E-state index in [0.29, 0.717) is 22.4 Å². The predicted octanol–water partition coefficient (Wildman–Crippen LogP) is 3.04. The highest BCUT2D eigenvalue weighted by molar-refractivity contribution is 9.10. The molecular weight excluding hydrogens is 245 g/mol. The Balaban J connectivity index is 2.22. The second-order valence-corrected chi connectivity index (χ2v) is 4.89. The number of benzene rings is 1. The van der Waals surface area contributed by atoms with Crippen LogP contribution in [0.5, 0.6) is 0 Å². The molecule has 0 radical (unpaired) electrons. The summed E-state index contributed by atoms with van der Waals surface area (Å²) in [5, 5.41) is 0. The molecule has 2 rings (SSSR count). The summed E-state index contributed by atoms with van der Waals surface area (Å²) in [6.07, 6.45) is 1.01. The van der Waals surface area contributed by atoms with Crippen LogP contribution in [0.25, 0.3) is 0 Å². The summed E-state index contributed by atoms with van der Waals surface area (Å²) < 4.78 is 13.5. The third-order valence-electron chi connectivity index (χ3n) is 3.21. The van der Waals surface area contributed by atoms with Crippen molar-refractivity contribution < 1.29 is 4.39 Å². The van der Waals surface area contributed by atoms with E-state index in [4.69, 9.17) is 5.73 Å². The van der Waals surface area contributed by atoms with Crippen LogP contribution < -0.4 is 5.73 Å². The monoisotopic (exact) mass is 257 g/mol. The number of halogens is 2. The Labute approximate surface area is 91.6 Å². The van der Waals surface area contributed by atoms with Crippen LogP contribution >= 0.6 is 15.9 Å². The van der Waals surface area contributed by atoms with E-state index < -0.39 is 0 Å². The summed E-state index contributed by atoms with van der Waals surface area (Å²) in [6.45, 7) is 2.15. The van der Waals surface area contributed by atoms with Crippen LogP contribution in [0.2, 0.25) is 0 Å². The van der Waals surface area contributed by atoms with Gasteiger partial charge in [0.15, 0.2) is 0 Å². The first-order valence-electron chi connectivity index (χ1n) is 4.80. The first kappa shape index (κ1) is 10.1. The molecule has 1 fully saturated rings. The molecule has 76 valence electrons. The van der Waals surface area contributed by atoms with E-state index in [9.17, 15) is 4.39 Å². The Morgan fingerprint density at radius 2 is 2.21 bits per heavy atom. The quantitative estimate of drug-likeness (QED) is 0.823. The molecule has 0 aliphatic heterocycles. The molecule has 3 atom stereocenters. The van der Waals surface area contributed by atoms with Gasteiger partial charge in [-0.05, 0) is 51.9 Å². The molecule has 0 amide bonds. The molecule has 1 aromatic rings. The Morgan fingerprint density at radius 1 is 1.50 bits per heavy atom. The lowest BCUT2D eigenvalue weighted by molar-refractivity contribution is 0.226. The lowest BCUT2D eigenvalue weighted by Crippen LogP contribution is -2.44. The van der Waals surface area contributed by atoms with Gasteiger partial charge in [0.1, 0.15) is 5.82 Å². The van der Waals surface area contributed by atoms with Gasteiger partial charge >= 0.3 is 0 Å². The molecule has 0 heterocycles. The Bertz CT molecular complexity index is 353. The maximum Gasteiger partial charge on any atom is 0.137 e. The van der Waals surface area contributed by atoms with Crippen LogP contribution in [0.4, 0.5) is 4.39 Å². The van der Waals surface area contributed by atoms with E-state index in [0.717, 1.165) is 6.42 Å². The Hall–Kier alpha value is -0.410. The highest BCUT2D eigenvalue weighted by Crippen LogP contribution is 2.41. The van der Waals surface area contributed by atoms with Crippen molar-refractivity contribution in [2.75, 3.05) is 0 Å². The van der Waals surface area contributed by atoms with Crippen molar-refractivity contribution in [2.24, 2.45) is 11.7 Å². The average Bonchev–Trinajstić information content (AvgIpc) is 2.18. The zero-order chi connectivity index (χ0) is 10.3. The third kappa shape index (κ3) is 1.59. The minimum Gasteiger partial charge on any atom is -0.327 e. The van der Waals surface area contributed by atoms with Gasteiger partial charge in [-0.3, -0.25) is 0 Å². The summed E-state index contributed by atoms with van der Waals surface area (Å²) in [4.78, 5) is 0. The van der Waals surface area contributed by atoms with Gasteiger partial charge in [0.2, 0.25) is 0 Å². The standard InChI is InChI=1S/C11H13BrFN/c1-6-8(5-11(6)14)7-2-3-10(13)9(12)4-7/h2-4,6,8,11H,5,14H2,1H3. The smallest absolute Gasteiger partial charge is 0.137 e. The maximum absolute atomic E-state index is 13.0. The van der Waals surface area contributed by atoms with E-state index in [1.807, 2.05) is 12.1 Å².